The van der Waals surface area contributed by atoms with Crippen molar-refractivity contribution in [2.75, 3.05) is 33.3 Å². The lowest BCUT2D eigenvalue weighted by atomic mass is 9.95. The van der Waals surface area contributed by atoms with E-state index in [-0.39, 0.29) is 5.75 Å². The molecule has 3 rings (SSSR count). The van der Waals surface area contributed by atoms with Gasteiger partial charge in [-0.05, 0) is 29.8 Å². The van der Waals surface area contributed by atoms with Crippen molar-refractivity contribution in [1.29, 1.82) is 0 Å². The van der Waals surface area contributed by atoms with Crippen molar-refractivity contribution in [1.82, 2.24) is 10.2 Å². The summed E-state index contributed by atoms with van der Waals surface area (Å²) in [5.41, 5.74) is 1.03. The monoisotopic (exact) mass is 384 g/mol. The quantitative estimate of drug-likeness (QED) is 0.797. The number of nitrogens with zero attached hydrogens (tertiary/aromatic N) is 1. The van der Waals surface area contributed by atoms with Crippen LogP contribution in [-0.2, 0) is 0 Å². The maximum Gasteiger partial charge on any atom is 0.573 e. The topological polar surface area (TPSA) is 33.7 Å². The van der Waals surface area contributed by atoms with Crippen LogP contribution >= 0.6 is 0 Å². The fraction of sp³-hybridized carbons (Fsp3) is 0.368. The molecule has 4 nitrogen and oxygen atoms in total. The fourth-order valence-electron chi connectivity index (χ4n) is 3.31. The molecule has 1 N–H and O–H groups in total. The van der Waals surface area contributed by atoms with Gasteiger partial charge in [0.1, 0.15) is 17.3 Å². The van der Waals surface area contributed by atoms with E-state index in [9.17, 15) is 17.6 Å². The molecule has 2 aromatic rings. The predicted molar refractivity (Wildman–Crippen MR) is 92.4 cm³/mol. The second-order valence-electron chi connectivity index (χ2n) is 6.16. The van der Waals surface area contributed by atoms with Crippen LogP contribution in [0.1, 0.15) is 17.2 Å². The van der Waals surface area contributed by atoms with Gasteiger partial charge in [0.05, 0.1) is 18.7 Å². The molecule has 0 spiro atoms. The Morgan fingerprint density at radius 3 is 2.30 bits per heavy atom. The summed E-state index contributed by atoms with van der Waals surface area (Å²) >= 11 is 0. The first-order chi connectivity index (χ1) is 12.9. The van der Waals surface area contributed by atoms with Crippen LogP contribution < -0.4 is 14.8 Å². The summed E-state index contributed by atoms with van der Waals surface area (Å²) in [4.78, 5) is 2.08. The number of alkyl halides is 3. The molecule has 0 unspecified atom stereocenters. The van der Waals surface area contributed by atoms with Crippen LogP contribution in [0.3, 0.4) is 0 Å². The van der Waals surface area contributed by atoms with Gasteiger partial charge in [0.15, 0.2) is 0 Å². The highest BCUT2D eigenvalue weighted by molar-refractivity contribution is 5.44. The number of halogens is 4. The molecule has 2 aromatic carbocycles. The smallest absolute Gasteiger partial charge is 0.496 e. The van der Waals surface area contributed by atoms with Crippen LogP contribution in [0, 0.1) is 5.82 Å². The second kappa shape index (κ2) is 8.14. The van der Waals surface area contributed by atoms with E-state index in [1.165, 1.54) is 37.4 Å². The van der Waals surface area contributed by atoms with Crippen molar-refractivity contribution < 1.29 is 27.0 Å². The normalized spacial score (nSPS) is 16.8. The van der Waals surface area contributed by atoms with Crippen LogP contribution in [0.4, 0.5) is 17.6 Å². The molecule has 1 aliphatic rings. The molecule has 8 heteroatoms. The van der Waals surface area contributed by atoms with Gasteiger partial charge in [-0.25, -0.2) is 4.39 Å². The largest absolute Gasteiger partial charge is 0.573 e. The van der Waals surface area contributed by atoms with Gasteiger partial charge in [0, 0.05) is 26.2 Å². The van der Waals surface area contributed by atoms with Crippen LogP contribution in [-0.4, -0.2) is 44.6 Å². The van der Waals surface area contributed by atoms with Gasteiger partial charge in [-0.1, -0.05) is 18.2 Å². The Bertz CT molecular complexity index is 759. The molecular weight excluding hydrogens is 364 g/mol. The zero-order valence-electron chi connectivity index (χ0n) is 14.7. The third kappa shape index (κ3) is 4.70. The average Bonchev–Trinajstić information content (AvgIpc) is 2.64. The average molecular weight is 384 g/mol. The van der Waals surface area contributed by atoms with Crippen molar-refractivity contribution >= 4 is 0 Å². The third-order valence-electron chi connectivity index (χ3n) is 4.45. The summed E-state index contributed by atoms with van der Waals surface area (Å²) in [6, 6.07) is 9.65. The van der Waals surface area contributed by atoms with Crippen LogP contribution in [0.5, 0.6) is 11.5 Å². The maximum absolute atomic E-state index is 14.7. The van der Waals surface area contributed by atoms with Gasteiger partial charge in [0.2, 0.25) is 0 Å². The van der Waals surface area contributed by atoms with Crippen molar-refractivity contribution in [3.05, 3.63) is 59.4 Å². The summed E-state index contributed by atoms with van der Waals surface area (Å²) in [6.45, 7) is 2.82. The standard InChI is InChI=1S/C19H20F4N2O2/c1-26-16-4-2-3-15(20)17(16)18(25-11-9-24-10-12-25)13-5-7-14(8-6-13)27-19(21,22)23/h2-8,18,24H,9-12H2,1H3/t18-/m0/s1. The lowest BCUT2D eigenvalue weighted by Gasteiger charge is -2.36. The Morgan fingerprint density at radius 2 is 1.70 bits per heavy atom. The predicted octanol–water partition coefficient (Wildman–Crippen LogP) is 3.73. The molecule has 0 bridgehead atoms. The van der Waals surface area contributed by atoms with Gasteiger partial charge >= 0.3 is 6.36 Å². The molecule has 1 heterocycles. The molecule has 0 radical (unpaired) electrons. The minimum Gasteiger partial charge on any atom is -0.496 e. The Labute approximate surface area is 154 Å². The van der Waals surface area contributed by atoms with Gasteiger partial charge < -0.3 is 14.8 Å². The highest BCUT2D eigenvalue weighted by atomic mass is 19.4. The second-order valence-corrected chi connectivity index (χ2v) is 6.16. The Hall–Kier alpha value is -2.32. The summed E-state index contributed by atoms with van der Waals surface area (Å²) in [7, 11) is 1.47. The van der Waals surface area contributed by atoms with Crippen molar-refractivity contribution in [3.8, 4) is 11.5 Å². The lowest BCUT2D eigenvalue weighted by molar-refractivity contribution is -0.274. The molecule has 0 saturated carbocycles. The zero-order chi connectivity index (χ0) is 19.4. The number of hydrogen-bond acceptors (Lipinski definition) is 4. The first kappa shape index (κ1) is 19.4. The summed E-state index contributed by atoms with van der Waals surface area (Å²) in [5.74, 6) is -0.339. The van der Waals surface area contributed by atoms with Crippen molar-refractivity contribution in [3.63, 3.8) is 0 Å². The van der Waals surface area contributed by atoms with E-state index >= 15 is 0 Å². The number of benzene rings is 2. The SMILES string of the molecule is COc1cccc(F)c1[C@H](c1ccc(OC(F)(F)F)cc1)N1CCNCC1. The third-order valence-corrected chi connectivity index (χ3v) is 4.45. The van der Waals surface area contributed by atoms with Crippen LogP contribution in [0.2, 0.25) is 0 Å². The minimum absolute atomic E-state index is 0.314. The van der Waals surface area contributed by atoms with Crippen molar-refractivity contribution in [2.24, 2.45) is 0 Å². The van der Waals surface area contributed by atoms with Gasteiger partial charge in [-0.2, -0.15) is 0 Å². The molecular formula is C19H20F4N2O2. The molecule has 0 amide bonds. The summed E-state index contributed by atoms with van der Waals surface area (Å²) in [6.07, 6.45) is -4.76. The van der Waals surface area contributed by atoms with E-state index in [4.69, 9.17) is 4.74 Å². The Kier molecular flexibility index (Phi) is 5.86. The molecule has 1 aliphatic heterocycles. The highest BCUT2D eigenvalue weighted by Gasteiger charge is 2.32. The molecule has 1 atom stereocenters. The number of rotatable bonds is 5. The van der Waals surface area contributed by atoms with Gasteiger partial charge in [-0.15, -0.1) is 13.2 Å². The first-order valence-electron chi connectivity index (χ1n) is 8.52. The van der Waals surface area contributed by atoms with Gasteiger partial charge in [0.25, 0.3) is 0 Å². The minimum atomic E-state index is -4.76. The van der Waals surface area contributed by atoms with Gasteiger partial charge in [-0.3, -0.25) is 4.90 Å². The number of hydrogen-bond donors (Lipinski definition) is 1. The fourth-order valence-corrected chi connectivity index (χ4v) is 3.31. The van der Waals surface area contributed by atoms with E-state index in [0.717, 1.165) is 13.1 Å². The van der Waals surface area contributed by atoms with Crippen LogP contribution in [0.15, 0.2) is 42.5 Å². The number of methoxy groups -OCH3 is 1. The first-order valence-corrected chi connectivity index (χ1v) is 8.52. The van der Waals surface area contributed by atoms with Crippen molar-refractivity contribution in [2.45, 2.75) is 12.4 Å². The highest BCUT2D eigenvalue weighted by Crippen LogP contribution is 2.37. The number of piperazine rings is 1. The molecule has 0 aliphatic carbocycles. The molecule has 1 fully saturated rings. The van der Waals surface area contributed by atoms with E-state index in [0.29, 0.717) is 30.0 Å². The van der Waals surface area contributed by atoms with E-state index in [1.807, 2.05) is 0 Å². The van der Waals surface area contributed by atoms with E-state index in [1.54, 1.807) is 12.1 Å². The zero-order valence-corrected chi connectivity index (χ0v) is 14.7. The summed E-state index contributed by atoms with van der Waals surface area (Å²) in [5, 5.41) is 3.24. The molecule has 27 heavy (non-hydrogen) atoms. The van der Waals surface area contributed by atoms with Crippen LogP contribution in [0.25, 0.3) is 0 Å². The lowest BCUT2D eigenvalue weighted by Crippen LogP contribution is -2.45. The molecule has 146 valence electrons. The Morgan fingerprint density at radius 1 is 1.04 bits per heavy atom. The number of nitrogens with one attached hydrogen (secondary N) is 1. The Balaban J connectivity index is 2.01. The number of ether oxygens (including phenoxy) is 2. The van der Waals surface area contributed by atoms with E-state index in [2.05, 4.69) is 15.0 Å². The molecule has 1 saturated heterocycles. The molecule has 0 aromatic heterocycles. The van der Waals surface area contributed by atoms with E-state index < -0.39 is 18.2 Å². The summed E-state index contributed by atoms with van der Waals surface area (Å²) < 4.78 is 61.2. The maximum atomic E-state index is 14.7.